The third-order valence-electron chi connectivity index (χ3n) is 15.6. The highest BCUT2D eigenvalue weighted by Crippen LogP contribution is 2.45. The van der Waals surface area contributed by atoms with Crippen LogP contribution in [0.25, 0.3) is 0 Å². The second kappa shape index (κ2) is 72.5. The van der Waals surface area contributed by atoms with Gasteiger partial charge in [-0.3, -0.25) is 37.3 Å². The number of rotatable bonds is 71. The van der Waals surface area contributed by atoms with Crippen molar-refractivity contribution in [2.45, 2.75) is 316 Å². The largest absolute Gasteiger partial charge is 0.472 e. The van der Waals surface area contributed by atoms with Crippen LogP contribution in [0.2, 0.25) is 0 Å². The average molecular weight is 1440 g/mol. The zero-order chi connectivity index (χ0) is 73.2. The van der Waals surface area contributed by atoms with Crippen molar-refractivity contribution in [3.8, 4) is 0 Å². The summed E-state index contributed by atoms with van der Waals surface area (Å²) in [6.45, 7) is 4.47. The molecule has 0 bridgehead atoms. The molecular weight excluding hydrogens is 1310 g/mol. The van der Waals surface area contributed by atoms with Gasteiger partial charge >= 0.3 is 39.5 Å². The Morgan fingerprint density at radius 2 is 0.560 bits per heavy atom. The van der Waals surface area contributed by atoms with E-state index in [0.717, 1.165) is 141 Å². The monoisotopic (exact) mass is 1440 g/mol. The summed E-state index contributed by atoms with van der Waals surface area (Å²) >= 11 is 0. The van der Waals surface area contributed by atoms with Gasteiger partial charge in [-0.25, -0.2) is 9.13 Å². The van der Waals surface area contributed by atoms with E-state index in [1.165, 1.54) is 77.0 Å². The molecule has 5 atom stereocenters. The Morgan fingerprint density at radius 3 is 0.910 bits per heavy atom. The third-order valence-corrected chi connectivity index (χ3v) is 17.5. The van der Waals surface area contributed by atoms with Crippen molar-refractivity contribution in [3.05, 3.63) is 134 Å². The summed E-state index contributed by atoms with van der Waals surface area (Å²) in [7, 11) is -9.99. The Balaban J connectivity index is 5.43. The van der Waals surface area contributed by atoms with Gasteiger partial charge in [0.15, 0.2) is 12.2 Å². The molecule has 3 N–H and O–H groups in total. The molecule has 0 saturated heterocycles. The van der Waals surface area contributed by atoms with Crippen molar-refractivity contribution >= 4 is 39.5 Å². The van der Waals surface area contributed by atoms with E-state index in [-0.39, 0.29) is 25.7 Å². The van der Waals surface area contributed by atoms with Crippen LogP contribution in [0.15, 0.2) is 134 Å². The molecule has 0 fully saturated rings. The number of phosphoric ester groups is 2. The highest BCUT2D eigenvalue weighted by Gasteiger charge is 2.30. The van der Waals surface area contributed by atoms with Gasteiger partial charge in [-0.2, -0.15) is 0 Å². The predicted molar refractivity (Wildman–Crippen MR) is 408 cm³/mol. The molecule has 17 nitrogen and oxygen atoms in total. The number of allylic oxidation sites excluding steroid dienone is 21. The molecule has 0 amide bonds. The van der Waals surface area contributed by atoms with E-state index in [0.29, 0.717) is 25.7 Å². The summed E-state index contributed by atoms with van der Waals surface area (Å²) in [6.07, 6.45) is 80.5. The fourth-order valence-electron chi connectivity index (χ4n) is 9.84. The van der Waals surface area contributed by atoms with E-state index >= 15 is 0 Å². The van der Waals surface area contributed by atoms with Crippen LogP contribution in [0.5, 0.6) is 0 Å². The van der Waals surface area contributed by atoms with Crippen LogP contribution in [0.1, 0.15) is 297 Å². The molecule has 0 aromatic carbocycles. The highest BCUT2D eigenvalue weighted by molar-refractivity contribution is 7.47. The fourth-order valence-corrected chi connectivity index (χ4v) is 11.4. The molecule has 0 saturated carbocycles. The lowest BCUT2D eigenvalue weighted by Gasteiger charge is -2.21. The summed E-state index contributed by atoms with van der Waals surface area (Å²) in [4.78, 5) is 72.8. The van der Waals surface area contributed by atoms with E-state index in [1.807, 2.05) is 18.2 Å². The van der Waals surface area contributed by atoms with E-state index in [2.05, 4.69) is 137 Å². The summed E-state index contributed by atoms with van der Waals surface area (Å²) in [6, 6.07) is 0. The first kappa shape index (κ1) is 95.2. The summed E-state index contributed by atoms with van der Waals surface area (Å²) in [5.41, 5.74) is 0. The van der Waals surface area contributed by atoms with Crippen LogP contribution in [0.4, 0.5) is 0 Å². The zero-order valence-corrected chi connectivity index (χ0v) is 64.1. The molecule has 0 aromatic rings. The lowest BCUT2D eigenvalue weighted by Crippen LogP contribution is -2.30. The number of hydrogen-bond acceptors (Lipinski definition) is 15. The Kier molecular flexibility index (Phi) is 69.1. The first-order chi connectivity index (χ1) is 48.7. The standard InChI is InChI=1S/C81H136O17P2/c1-5-9-13-17-21-25-29-32-35-36-37-38-41-43-47-50-54-58-62-66-79(84)92-72-77(98-81(86)68-64-60-56-52-48-44-40-34-31-27-23-19-15-11-7-3)74-96-100(89,90)94-70-75(82)69-93-99(87,88)95-73-76(97-80(85)67-63-59-55-51-45-28-24-20-16-12-8-4)71-91-78(83)65-61-57-53-49-46-42-39-33-30-26-22-18-14-10-6-2/h9-10,13-14,21-22,25-26,32-35,37-40,43,46-47,49,57,61,75-77,82H,5-8,11-12,15-20,23-24,27-31,36,41-42,44-45,48,50-56,58-60,62-74H2,1-4H3,(H,87,88)(H,89,90)/b13-9-,14-10-,25-21-,26-22-,35-32-,38-37-,39-33-,40-34-,47-43-,49-46-,61-57-. The van der Waals surface area contributed by atoms with Gasteiger partial charge in [0.2, 0.25) is 0 Å². The van der Waals surface area contributed by atoms with Gasteiger partial charge in [-0.1, -0.05) is 283 Å². The Morgan fingerprint density at radius 1 is 0.300 bits per heavy atom. The Hall–Kier alpha value is -4.80. The van der Waals surface area contributed by atoms with E-state index < -0.39 is 97.5 Å². The number of aliphatic hydroxyl groups is 1. The molecule has 0 aliphatic rings. The molecule has 572 valence electrons. The van der Waals surface area contributed by atoms with Crippen LogP contribution >= 0.6 is 15.6 Å². The van der Waals surface area contributed by atoms with Crippen molar-refractivity contribution in [1.82, 2.24) is 0 Å². The fraction of sp³-hybridized carbons (Fsp3) is 0.679. The molecule has 0 spiro atoms. The number of ether oxygens (including phenoxy) is 4. The first-order valence-electron chi connectivity index (χ1n) is 38.4. The van der Waals surface area contributed by atoms with E-state index in [9.17, 15) is 43.2 Å². The van der Waals surface area contributed by atoms with Crippen molar-refractivity contribution in [1.29, 1.82) is 0 Å². The number of hydrogen-bond donors (Lipinski definition) is 3. The molecule has 0 radical (unpaired) electrons. The van der Waals surface area contributed by atoms with Crippen LogP contribution in [0, 0.1) is 0 Å². The van der Waals surface area contributed by atoms with Crippen LogP contribution in [-0.2, 0) is 65.4 Å². The summed E-state index contributed by atoms with van der Waals surface area (Å²) in [5.74, 6) is -2.37. The van der Waals surface area contributed by atoms with Crippen LogP contribution < -0.4 is 0 Å². The van der Waals surface area contributed by atoms with Gasteiger partial charge in [0.1, 0.15) is 19.3 Å². The smallest absolute Gasteiger partial charge is 0.462 e. The van der Waals surface area contributed by atoms with E-state index in [1.54, 1.807) is 6.08 Å². The second-order valence-corrected chi connectivity index (χ2v) is 28.1. The average Bonchev–Trinajstić information content (AvgIpc) is 0.985. The molecule has 0 rings (SSSR count). The summed E-state index contributed by atoms with van der Waals surface area (Å²) in [5, 5.41) is 10.6. The van der Waals surface area contributed by atoms with Gasteiger partial charge in [-0.15, -0.1) is 0 Å². The quantitative estimate of drug-likeness (QED) is 0.0169. The molecule has 0 aliphatic heterocycles. The minimum Gasteiger partial charge on any atom is -0.462 e. The van der Waals surface area contributed by atoms with Crippen molar-refractivity contribution < 1.29 is 80.2 Å². The SMILES string of the molecule is CC/C=C\C/C=C\C/C=C\C/C=C\C/C=C\CCCCCC(=O)OCC(COP(=O)(O)OCC(O)COP(=O)(O)OCC(COC(=O)C/C=C\C/C=C\C/C=C\C/C=C\C/C=C\CC)OC(=O)CCCCCCCCCCCCC)OC(=O)CCCCCCC/C=C\CCCCCCCC. The molecule has 100 heavy (non-hydrogen) atoms. The van der Waals surface area contributed by atoms with Crippen molar-refractivity contribution in [2.24, 2.45) is 0 Å². The van der Waals surface area contributed by atoms with Crippen molar-refractivity contribution in [3.63, 3.8) is 0 Å². The topological polar surface area (TPSA) is 237 Å². The van der Waals surface area contributed by atoms with Gasteiger partial charge < -0.3 is 33.8 Å². The van der Waals surface area contributed by atoms with Gasteiger partial charge in [0, 0.05) is 19.3 Å². The van der Waals surface area contributed by atoms with Crippen LogP contribution in [0.3, 0.4) is 0 Å². The molecule has 0 aliphatic carbocycles. The zero-order valence-electron chi connectivity index (χ0n) is 62.3. The molecule has 0 heterocycles. The minimum atomic E-state index is -4.99. The normalized spacial score (nSPS) is 14.7. The van der Waals surface area contributed by atoms with Gasteiger partial charge in [0.05, 0.1) is 32.8 Å². The molecule has 5 unspecified atom stereocenters. The van der Waals surface area contributed by atoms with Gasteiger partial charge in [0.25, 0.3) is 0 Å². The first-order valence-corrected chi connectivity index (χ1v) is 41.4. The minimum absolute atomic E-state index is 0.0719. The maximum Gasteiger partial charge on any atom is 0.472 e. The maximum atomic E-state index is 13.1. The number of unbranched alkanes of at least 4 members (excludes halogenated alkanes) is 24. The highest BCUT2D eigenvalue weighted by atomic mass is 31.2. The molecular formula is C81H136O17P2. The Labute approximate surface area is 605 Å². The predicted octanol–water partition coefficient (Wildman–Crippen LogP) is 22.1. The number of esters is 4. The number of carbonyl (C=O) groups excluding carboxylic acids is 4. The van der Waals surface area contributed by atoms with Crippen molar-refractivity contribution in [2.75, 3.05) is 39.6 Å². The van der Waals surface area contributed by atoms with E-state index in [4.69, 9.17) is 37.0 Å². The van der Waals surface area contributed by atoms with Crippen LogP contribution in [-0.4, -0.2) is 96.7 Å². The molecule has 0 aromatic heterocycles. The lowest BCUT2D eigenvalue weighted by atomic mass is 10.1. The molecule has 19 heteroatoms. The lowest BCUT2D eigenvalue weighted by molar-refractivity contribution is -0.161. The Bertz CT molecular complexity index is 2420. The number of phosphoric acid groups is 2. The second-order valence-electron chi connectivity index (χ2n) is 25.2. The maximum absolute atomic E-state index is 13.1. The third kappa shape index (κ3) is 71.6. The summed E-state index contributed by atoms with van der Waals surface area (Å²) < 4.78 is 68.3. The number of carbonyl (C=O) groups is 4. The number of aliphatic hydroxyl groups excluding tert-OH is 1. The van der Waals surface area contributed by atoms with Gasteiger partial charge in [-0.05, 0) is 122 Å².